The third kappa shape index (κ3) is 6.62. The number of ketones is 1. The summed E-state index contributed by atoms with van der Waals surface area (Å²) < 4.78 is 0. The molecule has 1 atom stereocenters. The van der Waals surface area contributed by atoms with Crippen molar-refractivity contribution in [3.05, 3.63) is 0 Å². The van der Waals surface area contributed by atoms with Gasteiger partial charge in [-0.25, -0.2) is 0 Å². The summed E-state index contributed by atoms with van der Waals surface area (Å²) in [6.45, 7) is 1.40. The van der Waals surface area contributed by atoms with E-state index in [1.54, 1.807) is 0 Å². The molecule has 0 rings (SSSR count). The Morgan fingerprint density at radius 1 is 1.36 bits per heavy atom. The molecule has 0 heterocycles. The van der Waals surface area contributed by atoms with Gasteiger partial charge in [-0.2, -0.15) is 0 Å². The molecule has 5 nitrogen and oxygen atoms in total. The molecule has 0 aromatic heterocycles. The summed E-state index contributed by atoms with van der Waals surface area (Å²) in [5.41, 5.74) is 5.18. The minimum absolute atomic E-state index is 0.0477. The Morgan fingerprint density at radius 2 is 1.93 bits per heavy atom. The van der Waals surface area contributed by atoms with E-state index in [9.17, 15) is 14.4 Å². The maximum atomic E-state index is 11.0. The maximum absolute atomic E-state index is 11.0. The van der Waals surface area contributed by atoms with Crippen LogP contribution >= 0.6 is 11.8 Å². The largest absolute Gasteiger partial charge is 0.480 e. The van der Waals surface area contributed by atoms with E-state index in [-0.39, 0.29) is 29.5 Å². The molecule has 80 valence electrons. The van der Waals surface area contributed by atoms with Gasteiger partial charge in [0, 0.05) is 18.6 Å². The predicted octanol–water partition coefficient (Wildman–Crippen LogP) is 0.0273. The molecule has 0 saturated heterocycles. The molecule has 1 unspecified atom stereocenters. The number of nitrogens with two attached hydrogens (primary N) is 1. The minimum Gasteiger partial charge on any atom is -0.480 e. The van der Waals surface area contributed by atoms with Gasteiger partial charge in [-0.1, -0.05) is 11.8 Å². The number of thioether (sulfide) groups is 1. The van der Waals surface area contributed by atoms with Crippen molar-refractivity contribution in [2.45, 2.75) is 25.8 Å². The SMILES string of the molecule is CC(=O)CCC(=O)SCC(N)C(=O)O. The van der Waals surface area contributed by atoms with Crippen LogP contribution in [-0.4, -0.2) is 33.8 Å². The van der Waals surface area contributed by atoms with Gasteiger partial charge in [-0.05, 0) is 6.92 Å². The Balaban J connectivity index is 3.64. The molecule has 0 aliphatic carbocycles. The van der Waals surface area contributed by atoms with Crippen LogP contribution in [0.25, 0.3) is 0 Å². The zero-order valence-electron chi connectivity index (χ0n) is 7.86. The van der Waals surface area contributed by atoms with Gasteiger partial charge < -0.3 is 15.6 Å². The Bertz CT molecular complexity index is 241. The summed E-state index contributed by atoms with van der Waals surface area (Å²) in [4.78, 5) is 31.8. The van der Waals surface area contributed by atoms with Crippen LogP contribution in [-0.2, 0) is 14.4 Å². The molecule has 6 heteroatoms. The molecular formula is C8H13NO4S. The zero-order valence-corrected chi connectivity index (χ0v) is 8.67. The molecule has 0 aliphatic heterocycles. The van der Waals surface area contributed by atoms with E-state index >= 15 is 0 Å². The summed E-state index contributed by atoms with van der Waals surface area (Å²) in [5.74, 6) is -1.13. The topological polar surface area (TPSA) is 97.5 Å². The lowest BCUT2D eigenvalue weighted by Gasteiger charge is -2.03. The van der Waals surface area contributed by atoms with Crippen LogP contribution in [0.2, 0.25) is 0 Å². The quantitative estimate of drug-likeness (QED) is 0.654. The molecule has 3 N–H and O–H groups in total. The van der Waals surface area contributed by atoms with Crippen molar-refractivity contribution in [3.63, 3.8) is 0 Å². The number of hydrogen-bond donors (Lipinski definition) is 2. The number of carboxylic acids is 1. The molecule has 0 aromatic carbocycles. The van der Waals surface area contributed by atoms with Crippen LogP contribution < -0.4 is 5.73 Å². The summed E-state index contributed by atoms with van der Waals surface area (Å²) in [6.07, 6.45) is 0.348. The first-order valence-electron chi connectivity index (χ1n) is 4.07. The van der Waals surface area contributed by atoms with E-state index < -0.39 is 12.0 Å². The van der Waals surface area contributed by atoms with Gasteiger partial charge >= 0.3 is 5.97 Å². The first-order chi connectivity index (χ1) is 6.43. The van der Waals surface area contributed by atoms with E-state index in [1.807, 2.05) is 0 Å². The highest BCUT2D eigenvalue weighted by Gasteiger charge is 2.14. The molecule has 0 saturated carbocycles. The second-order valence-corrected chi connectivity index (χ2v) is 3.91. The van der Waals surface area contributed by atoms with Crippen molar-refractivity contribution < 1.29 is 19.5 Å². The first kappa shape index (κ1) is 13.1. The van der Waals surface area contributed by atoms with E-state index in [1.165, 1.54) is 6.92 Å². The molecule has 14 heavy (non-hydrogen) atoms. The maximum Gasteiger partial charge on any atom is 0.321 e. The number of carbonyl (C=O) groups is 3. The Labute approximate surface area is 86.0 Å². The third-order valence-corrected chi connectivity index (χ3v) is 2.47. The van der Waals surface area contributed by atoms with Crippen LogP contribution in [0.3, 0.4) is 0 Å². The minimum atomic E-state index is -1.13. The number of rotatable bonds is 6. The Hall–Kier alpha value is -0.880. The first-order valence-corrected chi connectivity index (χ1v) is 5.05. The Morgan fingerprint density at radius 3 is 2.36 bits per heavy atom. The average molecular weight is 219 g/mol. The molecule has 0 spiro atoms. The molecule has 0 amide bonds. The van der Waals surface area contributed by atoms with Crippen LogP contribution in [0.1, 0.15) is 19.8 Å². The van der Waals surface area contributed by atoms with Gasteiger partial charge in [0.25, 0.3) is 0 Å². The second-order valence-electron chi connectivity index (χ2n) is 2.83. The fourth-order valence-electron chi connectivity index (χ4n) is 0.604. The van der Waals surface area contributed by atoms with Crippen molar-refractivity contribution in [1.82, 2.24) is 0 Å². The third-order valence-electron chi connectivity index (χ3n) is 1.42. The summed E-state index contributed by atoms with van der Waals surface area (Å²) in [6, 6.07) is -1.03. The lowest BCUT2D eigenvalue weighted by atomic mass is 10.2. The fraction of sp³-hybridized carbons (Fsp3) is 0.625. The number of aliphatic carboxylic acids is 1. The predicted molar refractivity (Wildman–Crippen MR) is 53.0 cm³/mol. The van der Waals surface area contributed by atoms with Gasteiger partial charge in [-0.3, -0.25) is 9.59 Å². The Kier molecular flexibility index (Phi) is 6.14. The molecule has 0 aliphatic rings. The monoisotopic (exact) mass is 219 g/mol. The van der Waals surface area contributed by atoms with Crippen molar-refractivity contribution >= 4 is 28.6 Å². The normalized spacial score (nSPS) is 12.1. The van der Waals surface area contributed by atoms with Crippen molar-refractivity contribution in [2.24, 2.45) is 5.73 Å². The summed E-state index contributed by atoms with van der Waals surface area (Å²) in [5, 5.41) is 8.21. The molecular weight excluding hydrogens is 206 g/mol. The number of carboxylic acid groups (broad SMARTS) is 1. The van der Waals surface area contributed by atoms with Crippen molar-refractivity contribution in [2.75, 3.05) is 5.75 Å². The van der Waals surface area contributed by atoms with Crippen LogP contribution in [0.15, 0.2) is 0 Å². The molecule has 0 fully saturated rings. The number of hydrogen-bond acceptors (Lipinski definition) is 5. The molecule has 0 bridgehead atoms. The summed E-state index contributed by atoms with van der Waals surface area (Å²) in [7, 11) is 0. The lowest BCUT2D eigenvalue weighted by molar-refractivity contribution is -0.137. The van der Waals surface area contributed by atoms with Gasteiger partial charge in [0.05, 0.1) is 0 Å². The molecule has 0 aromatic rings. The van der Waals surface area contributed by atoms with Gasteiger partial charge in [0.1, 0.15) is 11.8 Å². The highest BCUT2D eigenvalue weighted by atomic mass is 32.2. The van der Waals surface area contributed by atoms with Crippen LogP contribution in [0.5, 0.6) is 0 Å². The van der Waals surface area contributed by atoms with E-state index in [4.69, 9.17) is 10.8 Å². The van der Waals surface area contributed by atoms with Crippen LogP contribution in [0.4, 0.5) is 0 Å². The van der Waals surface area contributed by atoms with Crippen LogP contribution in [0, 0.1) is 0 Å². The molecule has 0 radical (unpaired) electrons. The van der Waals surface area contributed by atoms with Gasteiger partial charge in [-0.15, -0.1) is 0 Å². The zero-order chi connectivity index (χ0) is 11.1. The number of carbonyl (C=O) groups excluding carboxylic acids is 2. The fourth-order valence-corrected chi connectivity index (χ4v) is 1.36. The van der Waals surface area contributed by atoms with Gasteiger partial charge in [0.15, 0.2) is 5.12 Å². The average Bonchev–Trinajstić information content (AvgIpc) is 2.10. The smallest absolute Gasteiger partial charge is 0.321 e. The highest BCUT2D eigenvalue weighted by molar-refractivity contribution is 8.13. The van der Waals surface area contributed by atoms with Crippen molar-refractivity contribution in [1.29, 1.82) is 0 Å². The number of Topliss-reactive ketones (excluding diaryl/α,β-unsaturated/α-hetero) is 1. The lowest BCUT2D eigenvalue weighted by Crippen LogP contribution is -2.32. The van der Waals surface area contributed by atoms with E-state index in [2.05, 4.69) is 0 Å². The van der Waals surface area contributed by atoms with Gasteiger partial charge in [0.2, 0.25) is 0 Å². The van der Waals surface area contributed by atoms with E-state index in [0.29, 0.717) is 0 Å². The van der Waals surface area contributed by atoms with Crippen molar-refractivity contribution in [3.8, 4) is 0 Å². The second kappa shape index (κ2) is 6.56. The standard InChI is InChI=1S/C8H13NO4S/c1-5(10)2-3-7(11)14-4-6(9)8(12)13/h6H,2-4,9H2,1H3,(H,12,13). The highest BCUT2D eigenvalue weighted by Crippen LogP contribution is 2.08. The van der Waals surface area contributed by atoms with E-state index in [0.717, 1.165) is 11.8 Å². The summed E-state index contributed by atoms with van der Waals surface area (Å²) >= 11 is 0.858.